The van der Waals surface area contributed by atoms with Crippen LogP contribution in [0.25, 0.3) is 0 Å². The summed E-state index contributed by atoms with van der Waals surface area (Å²) in [6.45, 7) is 4.70. The predicted octanol–water partition coefficient (Wildman–Crippen LogP) is 1.61. The van der Waals surface area contributed by atoms with Crippen molar-refractivity contribution < 1.29 is 4.92 Å². The summed E-state index contributed by atoms with van der Waals surface area (Å²) >= 11 is 0. The van der Waals surface area contributed by atoms with Crippen LogP contribution >= 0.6 is 0 Å². The van der Waals surface area contributed by atoms with Gasteiger partial charge in [0.1, 0.15) is 0 Å². The summed E-state index contributed by atoms with van der Waals surface area (Å²) < 4.78 is 1.84. The molecule has 2 aliphatic rings. The first-order valence-electron chi connectivity index (χ1n) is 7.74. The van der Waals surface area contributed by atoms with Gasteiger partial charge in [0.25, 0.3) is 0 Å². The van der Waals surface area contributed by atoms with Crippen molar-refractivity contribution in [2.45, 2.75) is 38.6 Å². The molecule has 1 aromatic heterocycles. The third kappa shape index (κ3) is 2.62. The summed E-state index contributed by atoms with van der Waals surface area (Å²) in [5.74, 6) is 2.05. The Morgan fingerprint density at radius 1 is 1.33 bits per heavy atom. The highest BCUT2D eigenvalue weighted by molar-refractivity contribution is 5.56. The highest BCUT2D eigenvalue weighted by atomic mass is 16.6. The van der Waals surface area contributed by atoms with Crippen LogP contribution in [-0.4, -0.2) is 40.2 Å². The van der Waals surface area contributed by atoms with Crippen LogP contribution in [0, 0.1) is 23.0 Å². The minimum atomic E-state index is -0.368. The van der Waals surface area contributed by atoms with Gasteiger partial charge in [-0.05, 0) is 48.1 Å². The highest BCUT2D eigenvalue weighted by Gasteiger charge is 2.33. The van der Waals surface area contributed by atoms with Crippen LogP contribution in [0.5, 0.6) is 0 Å². The van der Waals surface area contributed by atoms with Crippen LogP contribution < -0.4 is 10.2 Å². The number of hydrogen-bond acceptors (Lipinski definition) is 5. The van der Waals surface area contributed by atoms with Crippen LogP contribution in [-0.2, 0) is 7.05 Å². The molecular weight excluding hydrogens is 270 g/mol. The van der Waals surface area contributed by atoms with E-state index in [1.54, 1.807) is 0 Å². The lowest BCUT2D eigenvalue weighted by Crippen LogP contribution is -2.41. The second-order valence-corrected chi connectivity index (χ2v) is 6.15. The summed E-state index contributed by atoms with van der Waals surface area (Å²) in [6, 6.07) is 0.649. The molecule has 0 amide bonds. The van der Waals surface area contributed by atoms with Crippen molar-refractivity contribution in [3.63, 3.8) is 0 Å². The van der Waals surface area contributed by atoms with Crippen LogP contribution in [0.2, 0.25) is 0 Å². The van der Waals surface area contributed by atoms with Gasteiger partial charge in [-0.3, -0.25) is 4.57 Å². The van der Waals surface area contributed by atoms with Gasteiger partial charge >= 0.3 is 5.82 Å². The molecular formula is C14H23N5O2. The van der Waals surface area contributed by atoms with E-state index < -0.39 is 0 Å². The maximum atomic E-state index is 11.2. The number of rotatable bonds is 3. The Hall–Kier alpha value is -1.63. The normalized spacial score (nSPS) is 23.7. The molecule has 3 rings (SSSR count). The third-order valence-electron chi connectivity index (χ3n) is 4.95. The van der Waals surface area contributed by atoms with Crippen LogP contribution in [0.3, 0.4) is 0 Å². The number of nitrogens with zero attached hydrogens (tertiary/aromatic N) is 4. The molecule has 0 radical (unpaired) electrons. The van der Waals surface area contributed by atoms with E-state index in [1.165, 1.54) is 12.8 Å². The SMILES string of the molecule is Cc1nc([N+](=O)[O-])c(N2CCC(C3CCCN3)CC2)n1C. The van der Waals surface area contributed by atoms with Gasteiger partial charge in [0.05, 0.1) is 0 Å². The van der Waals surface area contributed by atoms with E-state index in [0.717, 1.165) is 32.5 Å². The lowest BCUT2D eigenvalue weighted by atomic mass is 9.88. The average molecular weight is 293 g/mol. The minimum Gasteiger partial charge on any atom is -0.358 e. The van der Waals surface area contributed by atoms with Gasteiger partial charge in [-0.15, -0.1) is 0 Å². The van der Waals surface area contributed by atoms with Crippen LogP contribution in [0.15, 0.2) is 0 Å². The quantitative estimate of drug-likeness (QED) is 0.677. The Morgan fingerprint density at radius 3 is 2.62 bits per heavy atom. The molecule has 0 spiro atoms. The topological polar surface area (TPSA) is 76.2 Å². The van der Waals surface area contributed by atoms with Gasteiger partial charge in [-0.2, -0.15) is 0 Å². The Kier molecular flexibility index (Phi) is 3.84. The van der Waals surface area contributed by atoms with Crippen molar-refractivity contribution in [3.05, 3.63) is 15.9 Å². The van der Waals surface area contributed by atoms with Crippen molar-refractivity contribution in [3.8, 4) is 0 Å². The van der Waals surface area contributed by atoms with Crippen molar-refractivity contribution >= 4 is 11.6 Å². The van der Waals surface area contributed by atoms with E-state index >= 15 is 0 Å². The molecule has 3 heterocycles. The zero-order chi connectivity index (χ0) is 15.0. The van der Waals surface area contributed by atoms with Crippen LogP contribution in [0.4, 0.5) is 11.6 Å². The highest BCUT2D eigenvalue weighted by Crippen LogP contribution is 2.33. The summed E-state index contributed by atoms with van der Waals surface area (Å²) in [5.41, 5.74) is 0. The van der Waals surface area contributed by atoms with Gasteiger partial charge in [0.15, 0.2) is 0 Å². The fourth-order valence-corrected chi connectivity index (χ4v) is 3.69. The summed E-state index contributed by atoms with van der Waals surface area (Å²) in [4.78, 5) is 17.0. The predicted molar refractivity (Wildman–Crippen MR) is 80.6 cm³/mol. The molecule has 1 aromatic rings. The number of hydrogen-bond donors (Lipinski definition) is 1. The molecule has 1 N–H and O–H groups in total. The average Bonchev–Trinajstić information content (AvgIpc) is 3.09. The van der Waals surface area contributed by atoms with Crippen molar-refractivity contribution in [2.24, 2.45) is 13.0 Å². The van der Waals surface area contributed by atoms with Crippen molar-refractivity contribution in [1.29, 1.82) is 0 Å². The second-order valence-electron chi connectivity index (χ2n) is 6.15. The molecule has 1 atom stereocenters. The van der Waals surface area contributed by atoms with Crippen LogP contribution in [0.1, 0.15) is 31.5 Å². The Balaban J connectivity index is 1.73. The lowest BCUT2D eigenvalue weighted by Gasteiger charge is -2.35. The lowest BCUT2D eigenvalue weighted by molar-refractivity contribution is -0.388. The first kappa shape index (κ1) is 14.3. The van der Waals surface area contributed by atoms with Gasteiger partial charge in [0.2, 0.25) is 11.6 Å². The molecule has 2 saturated heterocycles. The maximum absolute atomic E-state index is 11.2. The number of aromatic nitrogens is 2. The van der Waals surface area contributed by atoms with Gasteiger partial charge in [-0.25, -0.2) is 0 Å². The number of imidazole rings is 1. The molecule has 0 saturated carbocycles. The number of anilines is 1. The van der Waals surface area contributed by atoms with Gasteiger partial charge in [0, 0.05) is 33.1 Å². The van der Waals surface area contributed by atoms with Crippen molar-refractivity contribution in [2.75, 3.05) is 24.5 Å². The molecule has 1 unspecified atom stereocenters. The first-order chi connectivity index (χ1) is 10.1. The number of nitro groups is 1. The summed E-state index contributed by atoms with van der Waals surface area (Å²) in [7, 11) is 1.86. The minimum absolute atomic E-state index is 0.00700. The monoisotopic (exact) mass is 293 g/mol. The zero-order valence-electron chi connectivity index (χ0n) is 12.7. The fraction of sp³-hybridized carbons (Fsp3) is 0.786. The van der Waals surface area contributed by atoms with E-state index in [9.17, 15) is 10.1 Å². The molecule has 0 bridgehead atoms. The molecule has 0 aromatic carbocycles. The zero-order valence-corrected chi connectivity index (χ0v) is 12.7. The second kappa shape index (κ2) is 5.63. The fourth-order valence-electron chi connectivity index (χ4n) is 3.69. The molecule has 0 aliphatic carbocycles. The first-order valence-corrected chi connectivity index (χ1v) is 7.74. The molecule has 116 valence electrons. The number of piperidine rings is 1. The van der Waals surface area contributed by atoms with E-state index in [0.29, 0.717) is 23.6 Å². The van der Waals surface area contributed by atoms with Crippen molar-refractivity contribution in [1.82, 2.24) is 14.9 Å². The van der Waals surface area contributed by atoms with E-state index in [4.69, 9.17) is 0 Å². The molecule has 7 heteroatoms. The largest absolute Gasteiger partial charge is 0.406 e. The summed E-state index contributed by atoms with van der Waals surface area (Å²) in [5, 5.41) is 14.8. The number of aryl methyl sites for hydroxylation is 1. The van der Waals surface area contributed by atoms with E-state index in [-0.39, 0.29) is 10.7 Å². The Bertz CT molecular complexity index is 528. The molecule has 2 fully saturated rings. The molecule has 7 nitrogen and oxygen atoms in total. The van der Waals surface area contributed by atoms with Gasteiger partial charge < -0.3 is 20.3 Å². The van der Waals surface area contributed by atoms with Gasteiger partial charge in [-0.1, -0.05) is 0 Å². The summed E-state index contributed by atoms with van der Waals surface area (Å²) in [6.07, 6.45) is 4.74. The smallest absolute Gasteiger partial charge is 0.358 e. The van der Waals surface area contributed by atoms with E-state index in [2.05, 4.69) is 15.2 Å². The Labute approximate surface area is 124 Å². The third-order valence-corrected chi connectivity index (χ3v) is 4.95. The molecule has 21 heavy (non-hydrogen) atoms. The molecule has 2 aliphatic heterocycles. The standard InChI is InChI=1S/C14H23N5O2/c1-10-16-13(19(20)21)14(17(10)2)18-8-5-11(6-9-18)12-4-3-7-15-12/h11-12,15H,3-9H2,1-2H3. The maximum Gasteiger partial charge on any atom is 0.406 e. The van der Waals surface area contributed by atoms with E-state index in [1.807, 2.05) is 18.5 Å². The number of nitrogens with one attached hydrogen (secondary N) is 1. The Morgan fingerprint density at radius 2 is 2.05 bits per heavy atom.